The van der Waals surface area contributed by atoms with E-state index in [0.29, 0.717) is 55.0 Å². The minimum atomic E-state index is -0.263. The predicted octanol–water partition coefficient (Wildman–Crippen LogP) is 7.45. The van der Waals surface area contributed by atoms with Crippen molar-refractivity contribution in [3.63, 3.8) is 0 Å². The van der Waals surface area contributed by atoms with Gasteiger partial charge in [0.2, 0.25) is 0 Å². The molecule has 2 heterocycles. The van der Waals surface area contributed by atoms with Crippen molar-refractivity contribution in [2.45, 2.75) is 0 Å². The number of hydrogen-bond acceptors (Lipinski definition) is 4. The monoisotopic (exact) mass is 514 g/mol. The van der Waals surface area contributed by atoms with E-state index < -0.39 is 0 Å². The normalized spacial score (nSPS) is 11.2. The number of aromatic nitrogens is 1. The van der Waals surface area contributed by atoms with Gasteiger partial charge in [-0.05, 0) is 66.7 Å². The maximum Gasteiger partial charge on any atom is 0.199 e. The number of pyridine rings is 2. The first-order chi connectivity index (χ1) is 19.6. The fourth-order valence-corrected chi connectivity index (χ4v) is 5.59. The van der Waals surface area contributed by atoms with Crippen molar-refractivity contribution in [1.82, 2.24) is 4.40 Å². The van der Waals surface area contributed by atoms with Crippen molar-refractivity contribution >= 4 is 60.8 Å². The first-order valence-corrected chi connectivity index (χ1v) is 12.6. The Balaban J connectivity index is 1.75. The molecule has 7 aromatic rings. The van der Waals surface area contributed by atoms with Crippen molar-refractivity contribution in [1.29, 1.82) is 5.26 Å². The van der Waals surface area contributed by atoms with Gasteiger partial charge in [0, 0.05) is 27.5 Å². The Morgan fingerprint density at radius 3 is 1.95 bits per heavy atom. The Morgan fingerprint density at radius 1 is 0.700 bits per heavy atom. The van der Waals surface area contributed by atoms with Crippen LogP contribution in [0.3, 0.4) is 0 Å². The van der Waals surface area contributed by atoms with Gasteiger partial charge in [-0.15, -0.1) is 0 Å². The van der Waals surface area contributed by atoms with Gasteiger partial charge in [0.05, 0.1) is 45.8 Å². The maximum atomic E-state index is 14.4. The summed E-state index contributed by atoms with van der Waals surface area (Å²) < 4.78 is 1.92. The van der Waals surface area contributed by atoms with Crippen LogP contribution in [0.25, 0.3) is 42.9 Å². The van der Waals surface area contributed by atoms with E-state index >= 15 is 0 Å². The number of rotatable bonds is 3. The van der Waals surface area contributed by atoms with Crippen LogP contribution in [0, 0.1) is 17.9 Å². The van der Waals surface area contributed by atoms with Gasteiger partial charge >= 0.3 is 0 Å². The minimum Gasteiger partial charge on any atom is -0.310 e. The van der Waals surface area contributed by atoms with E-state index in [1.165, 1.54) is 0 Å². The lowest BCUT2D eigenvalue weighted by Crippen LogP contribution is -2.18. The zero-order valence-electron chi connectivity index (χ0n) is 21.0. The number of fused-ring (bicyclic) bond motifs is 4. The lowest BCUT2D eigenvalue weighted by atomic mass is 9.99. The molecule has 5 aromatic carbocycles. The van der Waals surface area contributed by atoms with Crippen molar-refractivity contribution in [3.8, 4) is 6.07 Å². The highest BCUT2D eigenvalue weighted by Crippen LogP contribution is 2.40. The third-order valence-corrected chi connectivity index (χ3v) is 7.33. The van der Waals surface area contributed by atoms with E-state index in [1.54, 1.807) is 42.5 Å². The van der Waals surface area contributed by atoms with Crippen molar-refractivity contribution in [2.24, 2.45) is 0 Å². The predicted molar refractivity (Wildman–Crippen MR) is 159 cm³/mol. The molecule has 0 fully saturated rings. The molecule has 40 heavy (non-hydrogen) atoms. The van der Waals surface area contributed by atoms with Crippen molar-refractivity contribution < 1.29 is 0 Å². The molecule has 7 rings (SSSR count). The highest BCUT2D eigenvalue weighted by atomic mass is 16.1. The average molecular weight is 515 g/mol. The van der Waals surface area contributed by atoms with Crippen LogP contribution in [0.1, 0.15) is 5.56 Å². The Bertz CT molecular complexity index is 2280. The molecule has 0 N–H and O–H groups in total. The van der Waals surface area contributed by atoms with Crippen molar-refractivity contribution in [2.75, 3.05) is 4.90 Å². The molecule has 0 aliphatic heterocycles. The van der Waals surface area contributed by atoms with Crippen LogP contribution in [-0.2, 0) is 0 Å². The Hall–Kier alpha value is -5.98. The minimum absolute atomic E-state index is 0.240. The molecule has 0 spiro atoms. The summed E-state index contributed by atoms with van der Waals surface area (Å²) in [6.45, 7) is 7.46. The number of hydrogen-bond donors (Lipinski definition) is 0. The third kappa shape index (κ3) is 3.27. The summed E-state index contributed by atoms with van der Waals surface area (Å²) in [5.74, 6) is 0. The molecule has 0 atom stereocenters. The molecule has 186 valence electrons. The number of nitriles is 1. The second-order valence-corrected chi connectivity index (χ2v) is 9.51. The van der Waals surface area contributed by atoms with Crippen LogP contribution < -0.4 is 15.8 Å². The molecule has 0 bridgehead atoms. The molecule has 0 aliphatic rings. The van der Waals surface area contributed by atoms with Gasteiger partial charge in [-0.25, -0.2) is 4.85 Å². The summed E-state index contributed by atoms with van der Waals surface area (Å²) in [5, 5.41) is 11.2. The van der Waals surface area contributed by atoms with Gasteiger partial charge in [0.1, 0.15) is 0 Å². The van der Waals surface area contributed by atoms with Crippen LogP contribution >= 0.6 is 0 Å². The van der Waals surface area contributed by atoms with Gasteiger partial charge in [0.15, 0.2) is 16.5 Å². The summed E-state index contributed by atoms with van der Waals surface area (Å²) in [7, 11) is 0. The molecular formula is C34H18N4O2. The highest BCUT2D eigenvalue weighted by molar-refractivity contribution is 6.13. The lowest BCUT2D eigenvalue weighted by molar-refractivity contribution is 1.27. The van der Waals surface area contributed by atoms with Gasteiger partial charge in [-0.3, -0.25) is 9.59 Å². The van der Waals surface area contributed by atoms with Crippen LogP contribution in [0.5, 0.6) is 0 Å². The summed E-state index contributed by atoms with van der Waals surface area (Å²) in [6.07, 6.45) is 0. The summed E-state index contributed by atoms with van der Waals surface area (Å²) in [6, 6.07) is 35.3. The molecule has 0 saturated carbocycles. The molecule has 6 nitrogen and oxygen atoms in total. The van der Waals surface area contributed by atoms with Crippen molar-refractivity contribution in [3.05, 3.63) is 147 Å². The number of para-hydroxylation sites is 2. The summed E-state index contributed by atoms with van der Waals surface area (Å²) in [5.41, 5.74) is 4.23. The average Bonchev–Trinajstić information content (AvgIpc) is 3.01. The molecular weight excluding hydrogens is 496 g/mol. The Kier molecular flexibility index (Phi) is 5.10. The maximum absolute atomic E-state index is 14.4. The molecule has 0 aliphatic carbocycles. The first-order valence-electron chi connectivity index (χ1n) is 12.6. The van der Waals surface area contributed by atoms with E-state index in [0.717, 1.165) is 11.4 Å². The van der Waals surface area contributed by atoms with E-state index in [2.05, 4.69) is 10.9 Å². The Morgan fingerprint density at radius 2 is 1.32 bits per heavy atom. The zero-order valence-corrected chi connectivity index (χ0v) is 21.0. The van der Waals surface area contributed by atoms with E-state index in [4.69, 9.17) is 6.57 Å². The summed E-state index contributed by atoms with van der Waals surface area (Å²) in [4.78, 5) is 33.8. The van der Waals surface area contributed by atoms with E-state index in [-0.39, 0.29) is 10.9 Å². The molecule has 0 amide bonds. The molecule has 6 heteroatoms. The van der Waals surface area contributed by atoms with Gasteiger partial charge in [-0.1, -0.05) is 42.5 Å². The second kappa shape index (κ2) is 8.80. The zero-order chi connectivity index (χ0) is 27.4. The lowest BCUT2D eigenvalue weighted by Gasteiger charge is -2.27. The largest absolute Gasteiger partial charge is 0.310 e. The van der Waals surface area contributed by atoms with Crippen LogP contribution in [-0.4, -0.2) is 4.40 Å². The van der Waals surface area contributed by atoms with E-state index in [1.807, 2.05) is 76.0 Å². The van der Waals surface area contributed by atoms with Crippen LogP contribution in [0.15, 0.2) is 119 Å². The second-order valence-electron chi connectivity index (χ2n) is 9.51. The fraction of sp³-hybridized carbons (Fsp3) is 0. The summed E-state index contributed by atoms with van der Waals surface area (Å²) >= 11 is 0. The fourth-order valence-electron chi connectivity index (χ4n) is 5.59. The van der Waals surface area contributed by atoms with Gasteiger partial charge < -0.3 is 9.30 Å². The third-order valence-electron chi connectivity index (χ3n) is 7.33. The Labute approximate surface area is 228 Å². The first kappa shape index (κ1) is 23.2. The topological polar surface area (TPSA) is 69.9 Å². The SMILES string of the molecule is [C-]#[N+]c1ccc2c(c1)c(=O)c1ccc(N(c3ccccc3)c3ccccc3)c3c(=O)c4cc(C#N)ccc4n2c13. The number of nitrogens with zero attached hydrogens (tertiary/aromatic N) is 4. The molecule has 0 radical (unpaired) electrons. The smallest absolute Gasteiger partial charge is 0.199 e. The molecule has 2 aromatic heterocycles. The standard InChI is InChI=1S/C34H18N4O2/c1-36-22-13-16-29-27(19-22)33(39)25-14-17-30(37(23-8-4-2-5-9-23)24-10-6-3-7-11-24)31-32(25)38(29)28-15-12-21(20-35)18-26(28)34(31)40/h2-19H. The van der Waals surface area contributed by atoms with E-state index in [9.17, 15) is 14.9 Å². The quantitative estimate of drug-likeness (QED) is 0.140. The van der Waals surface area contributed by atoms with Crippen LogP contribution in [0.4, 0.5) is 22.7 Å². The number of benzene rings is 5. The van der Waals surface area contributed by atoms with Crippen LogP contribution in [0.2, 0.25) is 0 Å². The molecule has 0 saturated heterocycles. The van der Waals surface area contributed by atoms with Gasteiger partial charge in [-0.2, -0.15) is 5.26 Å². The van der Waals surface area contributed by atoms with Gasteiger partial charge in [0.25, 0.3) is 0 Å². The number of anilines is 3. The molecule has 0 unspecified atom stereocenters. The highest BCUT2D eigenvalue weighted by Gasteiger charge is 2.23.